The van der Waals surface area contributed by atoms with Crippen LogP contribution in [0.5, 0.6) is 0 Å². The molecule has 3 aromatic heterocycles. The number of fused-ring (bicyclic) bond motifs is 1. The normalized spacial score (nSPS) is 18.7. The van der Waals surface area contributed by atoms with Crippen LogP contribution in [-0.4, -0.2) is 39.0 Å². The average molecular weight is 302 g/mol. The molecule has 0 saturated carbocycles. The van der Waals surface area contributed by atoms with Gasteiger partial charge in [-0.2, -0.15) is 4.98 Å². The highest BCUT2D eigenvalue weighted by atomic mass is 32.1. The summed E-state index contributed by atoms with van der Waals surface area (Å²) in [5.41, 5.74) is 1.67. The lowest BCUT2D eigenvalue weighted by Gasteiger charge is -2.14. The van der Waals surface area contributed by atoms with E-state index in [4.69, 9.17) is 4.52 Å². The van der Waals surface area contributed by atoms with Gasteiger partial charge in [0, 0.05) is 13.1 Å². The van der Waals surface area contributed by atoms with Crippen molar-refractivity contribution >= 4 is 27.5 Å². The van der Waals surface area contributed by atoms with Crippen molar-refractivity contribution in [3.05, 3.63) is 34.9 Å². The van der Waals surface area contributed by atoms with E-state index in [2.05, 4.69) is 15.1 Å². The summed E-state index contributed by atoms with van der Waals surface area (Å²) >= 11 is 1.63. The first-order chi connectivity index (χ1) is 10.2. The van der Waals surface area contributed by atoms with Gasteiger partial charge in [0.05, 0.1) is 16.1 Å². The van der Waals surface area contributed by atoms with Gasteiger partial charge < -0.3 is 14.4 Å². The number of aryl methyl sites for hydroxylation is 1. The van der Waals surface area contributed by atoms with Gasteiger partial charge >= 0.3 is 0 Å². The van der Waals surface area contributed by atoms with Gasteiger partial charge in [-0.1, -0.05) is 5.16 Å². The van der Waals surface area contributed by atoms with Crippen LogP contribution < -0.4 is 0 Å². The number of rotatable bonds is 2. The summed E-state index contributed by atoms with van der Waals surface area (Å²) in [5.74, 6) is 1.46. The van der Waals surface area contributed by atoms with Crippen molar-refractivity contribution in [2.75, 3.05) is 13.1 Å². The predicted octanol–water partition coefficient (Wildman–Crippen LogP) is 2.55. The fourth-order valence-electron chi connectivity index (χ4n) is 2.76. The smallest absolute Gasteiger partial charge is 0.270 e. The molecule has 1 fully saturated rings. The number of hydrogen-bond acceptors (Lipinski definition) is 5. The number of carbonyl (C=O) groups is 1. The van der Waals surface area contributed by atoms with Crippen LogP contribution in [0.25, 0.3) is 10.2 Å². The fourth-order valence-corrected chi connectivity index (χ4v) is 3.54. The molecular weight excluding hydrogens is 288 g/mol. The van der Waals surface area contributed by atoms with Crippen molar-refractivity contribution in [2.45, 2.75) is 19.3 Å². The Morgan fingerprint density at radius 2 is 2.48 bits per heavy atom. The molecule has 0 aliphatic carbocycles. The molecule has 0 spiro atoms. The summed E-state index contributed by atoms with van der Waals surface area (Å²) in [4.78, 5) is 21.8. The Balaban J connectivity index is 1.52. The molecule has 3 aromatic rings. The second-order valence-electron chi connectivity index (χ2n) is 5.30. The van der Waals surface area contributed by atoms with Gasteiger partial charge in [0.1, 0.15) is 5.69 Å². The number of thiophene rings is 1. The van der Waals surface area contributed by atoms with E-state index in [0.717, 1.165) is 23.2 Å². The van der Waals surface area contributed by atoms with E-state index in [-0.39, 0.29) is 11.8 Å². The number of aromatic amines is 1. The molecule has 1 amide bonds. The van der Waals surface area contributed by atoms with Crippen molar-refractivity contribution in [2.24, 2.45) is 0 Å². The highest BCUT2D eigenvalue weighted by Crippen LogP contribution is 2.28. The largest absolute Gasteiger partial charge is 0.350 e. The third kappa shape index (κ3) is 2.13. The first kappa shape index (κ1) is 12.6. The van der Waals surface area contributed by atoms with Gasteiger partial charge in [0.2, 0.25) is 5.89 Å². The first-order valence-electron chi connectivity index (χ1n) is 6.86. The third-order valence-electron chi connectivity index (χ3n) is 3.84. The predicted molar refractivity (Wildman–Crippen MR) is 78.5 cm³/mol. The molecule has 21 heavy (non-hydrogen) atoms. The SMILES string of the molecule is Cc1noc([C@H]2CCN(C(=O)c3cc4sccc4[nH]3)C2)n1. The number of likely N-dealkylation sites (tertiary alicyclic amines) is 1. The molecule has 6 nitrogen and oxygen atoms in total. The lowest BCUT2D eigenvalue weighted by Crippen LogP contribution is -2.28. The van der Waals surface area contributed by atoms with Gasteiger partial charge in [-0.05, 0) is 30.9 Å². The van der Waals surface area contributed by atoms with Crippen LogP contribution in [0.4, 0.5) is 0 Å². The van der Waals surface area contributed by atoms with E-state index in [0.29, 0.717) is 24.0 Å². The molecule has 108 valence electrons. The third-order valence-corrected chi connectivity index (χ3v) is 4.70. The van der Waals surface area contributed by atoms with Crippen molar-refractivity contribution in [3.63, 3.8) is 0 Å². The van der Waals surface area contributed by atoms with E-state index in [9.17, 15) is 4.79 Å². The Bertz CT molecular complexity index is 774. The molecule has 7 heteroatoms. The first-order valence-corrected chi connectivity index (χ1v) is 7.74. The molecule has 0 aromatic carbocycles. The Hall–Kier alpha value is -2.15. The van der Waals surface area contributed by atoms with Gasteiger partial charge in [0.15, 0.2) is 5.82 Å². The Kier molecular flexibility index (Phi) is 2.81. The zero-order valence-electron chi connectivity index (χ0n) is 11.5. The molecule has 1 saturated heterocycles. The van der Waals surface area contributed by atoms with Crippen molar-refractivity contribution < 1.29 is 9.32 Å². The molecule has 1 aliphatic rings. The lowest BCUT2D eigenvalue weighted by atomic mass is 10.1. The molecule has 4 rings (SSSR count). The Morgan fingerprint density at radius 3 is 3.24 bits per heavy atom. The number of carbonyl (C=O) groups excluding carboxylic acids is 1. The Labute approximate surface area is 124 Å². The van der Waals surface area contributed by atoms with Crippen molar-refractivity contribution in [1.29, 1.82) is 0 Å². The maximum atomic E-state index is 12.5. The number of hydrogen-bond donors (Lipinski definition) is 1. The second-order valence-corrected chi connectivity index (χ2v) is 6.25. The van der Waals surface area contributed by atoms with Crippen LogP contribution in [0.3, 0.4) is 0 Å². The van der Waals surface area contributed by atoms with Gasteiger partial charge in [0.25, 0.3) is 5.91 Å². The zero-order chi connectivity index (χ0) is 14.4. The summed E-state index contributed by atoms with van der Waals surface area (Å²) in [7, 11) is 0. The number of amides is 1. The maximum Gasteiger partial charge on any atom is 0.270 e. The standard InChI is InChI=1S/C14H14N4O2S/c1-8-15-13(20-17-8)9-2-4-18(7-9)14(19)11-6-12-10(16-11)3-5-21-12/h3,5-6,9,16H,2,4,7H2,1H3/t9-/m0/s1. The molecule has 4 heterocycles. The van der Waals surface area contributed by atoms with E-state index in [1.165, 1.54) is 0 Å². The summed E-state index contributed by atoms with van der Waals surface area (Å²) < 4.78 is 6.33. The monoisotopic (exact) mass is 302 g/mol. The van der Waals surface area contributed by atoms with E-state index in [1.807, 2.05) is 22.4 Å². The topological polar surface area (TPSA) is 75.0 Å². The summed E-state index contributed by atoms with van der Waals surface area (Å²) in [6.45, 7) is 3.15. The highest BCUT2D eigenvalue weighted by Gasteiger charge is 2.31. The summed E-state index contributed by atoms with van der Waals surface area (Å²) in [6.07, 6.45) is 0.864. The van der Waals surface area contributed by atoms with Crippen LogP contribution in [0.1, 0.15) is 34.5 Å². The summed E-state index contributed by atoms with van der Waals surface area (Å²) in [6, 6.07) is 3.91. The van der Waals surface area contributed by atoms with E-state index < -0.39 is 0 Å². The molecule has 1 N–H and O–H groups in total. The van der Waals surface area contributed by atoms with Crippen molar-refractivity contribution in [1.82, 2.24) is 20.0 Å². The van der Waals surface area contributed by atoms with Crippen LogP contribution in [-0.2, 0) is 0 Å². The van der Waals surface area contributed by atoms with E-state index >= 15 is 0 Å². The average Bonchev–Trinajstić information content (AvgIpc) is 3.20. The van der Waals surface area contributed by atoms with Crippen molar-refractivity contribution in [3.8, 4) is 0 Å². The summed E-state index contributed by atoms with van der Waals surface area (Å²) in [5, 5.41) is 5.83. The number of aromatic nitrogens is 3. The molecular formula is C14H14N4O2S. The fraction of sp³-hybridized carbons (Fsp3) is 0.357. The number of nitrogens with zero attached hydrogens (tertiary/aromatic N) is 3. The number of nitrogens with one attached hydrogen (secondary N) is 1. The Morgan fingerprint density at radius 1 is 1.57 bits per heavy atom. The van der Waals surface area contributed by atoms with Crippen LogP contribution in [0.2, 0.25) is 0 Å². The van der Waals surface area contributed by atoms with Gasteiger partial charge in [-0.3, -0.25) is 4.79 Å². The van der Waals surface area contributed by atoms with Crippen LogP contribution >= 0.6 is 11.3 Å². The van der Waals surface area contributed by atoms with Gasteiger partial charge in [-0.25, -0.2) is 0 Å². The zero-order valence-corrected chi connectivity index (χ0v) is 12.3. The quantitative estimate of drug-likeness (QED) is 0.789. The minimum atomic E-state index is 0.0390. The molecule has 1 aliphatic heterocycles. The van der Waals surface area contributed by atoms with Gasteiger partial charge in [-0.15, -0.1) is 11.3 Å². The minimum absolute atomic E-state index is 0.0390. The van der Waals surface area contributed by atoms with E-state index in [1.54, 1.807) is 18.3 Å². The molecule has 0 radical (unpaired) electrons. The molecule has 0 unspecified atom stereocenters. The molecule has 1 atom stereocenters. The van der Waals surface area contributed by atoms with Crippen LogP contribution in [0, 0.1) is 6.92 Å². The lowest BCUT2D eigenvalue weighted by molar-refractivity contribution is 0.0785. The molecule has 0 bridgehead atoms. The highest BCUT2D eigenvalue weighted by molar-refractivity contribution is 7.17. The minimum Gasteiger partial charge on any atom is -0.350 e. The maximum absolute atomic E-state index is 12.5. The second kappa shape index (κ2) is 4.70. The van der Waals surface area contributed by atoms with Crippen LogP contribution in [0.15, 0.2) is 22.0 Å². The number of H-pyrrole nitrogens is 1.